The van der Waals surface area contributed by atoms with Crippen LogP contribution < -0.4 is 11.5 Å². The van der Waals surface area contributed by atoms with Gasteiger partial charge in [-0.05, 0) is 30.7 Å². The van der Waals surface area contributed by atoms with Gasteiger partial charge in [0.15, 0.2) is 11.5 Å². The SMILES string of the molecule is COC1=C(N)C(=O)c2nc(-c3nc(C(=O)O)c(C)cc3N)ccc2C1=O. The van der Waals surface area contributed by atoms with Crippen molar-refractivity contribution in [2.24, 2.45) is 5.73 Å². The predicted octanol–water partition coefficient (Wildman–Crippen LogP) is 0.928. The lowest BCUT2D eigenvalue weighted by molar-refractivity contribution is 0.0689. The fourth-order valence-electron chi connectivity index (χ4n) is 2.68. The van der Waals surface area contributed by atoms with Crippen molar-refractivity contribution >= 4 is 23.2 Å². The first-order chi connectivity index (χ1) is 12.3. The molecule has 1 aliphatic carbocycles. The van der Waals surface area contributed by atoms with Crippen LogP contribution in [0.1, 0.15) is 36.9 Å². The van der Waals surface area contributed by atoms with Crippen molar-refractivity contribution in [2.75, 3.05) is 12.8 Å². The van der Waals surface area contributed by atoms with Gasteiger partial charge in [-0.15, -0.1) is 0 Å². The van der Waals surface area contributed by atoms with Gasteiger partial charge in [0.25, 0.3) is 0 Å². The van der Waals surface area contributed by atoms with Crippen LogP contribution in [0.2, 0.25) is 0 Å². The van der Waals surface area contributed by atoms with Crippen molar-refractivity contribution < 1.29 is 24.2 Å². The Morgan fingerprint density at radius 1 is 1.12 bits per heavy atom. The molecule has 0 saturated heterocycles. The van der Waals surface area contributed by atoms with E-state index < -0.39 is 17.5 Å². The zero-order valence-electron chi connectivity index (χ0n) is 13.9. The highest BCUT2D eigenvalue weighted by Gasteiger charge is 2.33. The molecule has 0 amide bonds. The number of aryl methyl sites for hydroxylation is 1. The normalized spacial score (nSPS) is 13.6. The van der Waals surface area contributed by atoms with Gasteiger partial charge in [0, 0.05) is 0 Å². The van der Waals surface area contributed by atoms with E-state index in [2.05, 4.69) is 9.97 Å². The second-order valence-electron chi connectivity index (χ2n) is 5.59. The first kappa shape index (κ1) is 17.1. The highest BCUT2D eigenvalue weighted by molar-refractivity contribution is 6.25. The smallest absolute Gasteiger partial charge is 0.354 e. The molecule has 2 aromatic heterocycles. The molecule has 0 unspecified atom stereocenters. The number of carbonyl (C=O) groups excluding carboxylic acids is 2. The first-order valence-corrected chi connectivity index (χ1v) is 7.41. The molecule has 132 valence electrons. The zero-order chi connectivity index (χ0) is 19.2. The molecule has 5 N–H and O–H groups in total. The van der Waals surface area contributed by atoms with E-state index in [-0.39, 0.29) is 45.5 Å². The predicted molar refractivity (Wildman–Crippen MR) is 90.5 cm³/mol. The van der Waals surface area contributed by atoms with Gasteiger partial charge >= 0.3 is 5.97 Å². The number of aromatic nitrogens is 2. The molecule has 0 aliphatic heterocycles. The Morgan fingerprint density at radius 3 is 2.42 bits per heavy atom. The largest absolute Gasteiger partial charge is 0.491 e. The summed E-state index contributed by atoms with van der Waals surface area (Å²) in [6, 6.07) is 4.26. The number of carboxylic acid groups (broad SMARTS) is 1. The van der Waals surface area contributed by atoms with E-state index in [1.54, 1.807) is 6.92 Å². The fraction of sp³-hybridized carbons (Fsp3) is 0.118. The average Bonchev–Trinajstić information content (AvgIpc) is 2.59. The van der Waals surface area contributed by atoms with E-state index in [9.17, 15) is 19.5 Å². The number of fused-ring (bicyclic) bond motifs is 1. The summed E-state index contributed by atoms with van der Waals surface area (Å²) in [5.74, 6) is -2.68. The number of Topliss-reactive ketones (excluding diaryl/α,β-unsaturated/α-hetero) is 2. The quantitative estimate of drug-likeness (QED) is 0.728. The molecule has 3 rings (SSSR count). The standard InChI is InChI=1S/C17H14N4O5/c1-6-5-8(18)13(21-11(6)17(24)25)9-4-3-7-12(20-9)15(23)10(19)16(26-2)14(7)22/h3-5H,18-19H2,1-2H3,(H,24,25). The van der Waals surface area contributed by atoms with Crippen LogP contribution in [-0.2, 0) is 4.74 Å². The lowest BCUT2D eigenvalue weighted by atomic mass is 9.95. The van der Waals surface area contributed by atoms with Gasteiger partial charge in [0.2, 0.25) is 11.6 Å². The number of hydrogen-bond donors (Lipinski definition) is 3. The third kappa shape index (κ3) is 2.46. The van der Waals surface area contributed by atoms with E-state index in [1.165, 1.54) is 25.3 Å². The number of nitrogens with zero attached hydrogens (tertiary/aromatic N) is 2. The van der Waals surface area contributed by atoms with Gasteiger partial charge in [-0.25, -0.2) is 14.8 Å². The zero-order valence-corrected chi connectivity index (χ0v) is 13.9. The maximum atomic E-state index is 12.4. The number of nitrogen functional groups attached to an aromatic ring is 1. The van der Waals surface area contributed by atoms with Gasteiger partial charge in [0.05, 0.1) is 24.1 Å². The second kappa shape index (κ2) is 5.96. The lowest BCUT2D eigenvalue weighted by Gasteiger charge is -2.17. The number of nitrogens with two attached hydrogens (primary N) is 2. The molecule has 2 aromatic rings. The summed E-state index contributed by atoms with van der Waals surface area (Å²) < 4.78 is 4.89. The van der Waals surface area contributed by atoms with E-state index in [0.717, 1.165) is 0 Å². The highest BCUT2D eigenvalue weighted by atomic mass is 16.5. The molecule has 0 aromatic carbocycles. The Kier molecular flexibility index (Phi) is 3.91. The molecular weight excluding hydrogens is 340 g/mol. The summed E-state index contributed by atoms with van der Waals surface area (Å²) in [7, 11) is 1.24. The van der Waals surface area contributed by atoms with E-state index in [0.29, 0.717) is 5.56 Å². The van der Waals surface area contributed by atoms with E-state index in [1.807, 2.05) is 0 Å². The van der Waals surface area contributed by atoms with Crippen molar-refractivity contribution in [2.45, 2.75) is 6.92 Å². The molecule has 0 fully saturated rings. The number of carbonyl (C=O) groups is 3. The topological polar surface area (TPSA) is 158 Å². The minimum absolute atomic E-state index is 0.0361. The van der Waals surface area contributed by atoms with E-state index >= 15 is 0 Å². The Balaban J connectivity index is 2.19. The summed E-state index contributed by atoms with van der Waals surface area (Å²) in [6.07, 6.45) is 0. The minimum atomic E-state index is -1.22. The monoisotopic (exact) mass is 354 g/mol. The maximum absolute atomic E-state index is 12.4. The number of ketones is 2. The van der Waals surface area contributed by atoms with Crippen LogP contribution in [0.15, 0.2) is 29.7 Å². The number of rotatable bonds is 3. The van der Waals surface area contributed by atoms with Crippen molar-refractivity contribution in [3.63, 3.8) is 0 Å². The van der Waals surface area contributed by atoms with Crippen LogP contribution in [-0.4, -0.2) is 39.7 Å². The van der Waals surface area contributed by atoms with Crippen LogP contribution in [0.5, 0.6) is 0 Å². The average molecular weight is 354 g/mol. The number of anilines is 1. The molecule has 26 heavy (non-hydrogen) atoms. The molecule has 0 spiro atoms. The van der Waals surface area contributed by atoms with Gasteiger partial charge in [-0.1, -0.05) is 0 Å². The Morgan fingerprint density at radius 2 is 1.81 bits per heavy atom. The van der Waals surface area contributed by atoms with Crippen LogP contribution in [0, 0.1) is 6.92 Å². The van der Waals surface area contributed by atoms with Gasteiger partial charge in [-0.2, -0.15) is 0 Å². The molecule has 0 radical (unpaired) electrons. The number of aromatic carboxylic acids is 1. The number of hydrogen-bond acceptors (Lipinski definition) is 8. The molecule has 0 bridgehead atoms. The third-order valence-electron chi connectivity index (χ3n) is 3.94. The molecule has 9 heteroatoms. The van der Waals surface area contributed by atoms with Crippen molar-refractivity contribution in [1.29, 1.82) is 0 Å². The first-order valence-electron chi connectivity index (χ1n) is 7.41. The molecular formula is C17H14N4O5. The van der Waals surface area contributed by atoms with Crippen molar-refractivity contribution in [3.8, 4) is 11.4 Å². The number of allylic oxidation sites excluding steroid dienone is 2. The van der Waals surface area contributed by atoms with Crippen LogP contribution in [0.4, 0.5) is 5.69 Å². The summed E-state index contributed by atoms with van der Waals surface area (Å²) in [4.78, 5) is 44.2. The summed E-state index contributed by atoms with van der Waals surface area (Å²) in [5, 5.41) is 9.23. The summed E-state index contributed by atoms with van der Waals surface area (Å²) in [6.45, 7) is 1.57. The summed E-state index contributed by atoms with van der Waals surface area (Å²) in [5.41, 5.74) is 11.8. The van der Waals surface area contributed by atoms with Crippen LogP contribution >= 0.6 is 0 Å². The number of methoxy groups -OCH3 is 1. The molecule has 1 aliphatic rings. The van der Waals surface area contributed by atoms with Gasteiger partial charge in [-0.3, -0.25) is 9.59 Å². The van der Waals surface area contributed by atoms with Crippen LogP contribution in [0.25, 0.3) is 11.4 Å². The summed E-state index contributed by atoms with van der Waals surface area (Å²) >= 11 is 0. The molecule has 9 nitrogen and oxygen atoms in total. The fourth-order valence-corrected chi connectivity index (χ4v) is 2.68. The second-order valence-corrected chi connectivity index (χ2v) is 5.59. The minimum Gasteiger partial charge on any atom is -0.491 e. The number of pyridine rings is 2. The maximum Gasteiger partial charge on any atom is 0.354 e. The van der Waals surface area contributed by atoms with Gasteiger partial charge < -0.3 is 21.3 Å². The number of carboxylic acids is 1. The van der Waals surface area contributed by atoms with Crippen molar-refractivity contribution in [1.82, 2.24) is 9.97 Å². The lowest BCUT2D eigenvalue weighted by Crippen LogP contribution is -2.28. The Labute approximate surface area is 147 Å². The molecule has 0 atom stereocenters. The van der Waals surface area contributed by atoms with Crippen LogP contribution in [0.3, 0.4) is 0 Å². The Hall–Kier alpha value is -3.75. The van der Waals surface area contributed by atoms with Gasteiger partial charge in [0.1, 0.15) is 17.1 Å². The Bertz CT molecular complexity index is 1030. The molecule has 0 saturated carbocycles. The third-order valence-corrected chi connectivity index (χ3v) is 3.94. The van der Waals surface area contributed by atoms with E-state index in [4.69, 9.17) is 16.2 Å². The van der Waals surface area contributed by atoms with Crippen molar-refractivity contribution in [3.05, 3.63) is 52.2 Å². The molecule has 2 heterocycles. The number of ether oxygens (including phenoxy) is 1. The highest BCUT2D eigenvalue weighted by Crippen LogP contribution is 2.29.